The average molecular weight is 267 g/mol. The van der Waals surface area contributed by atoms with Crippen molar-refractivity contribution in [1.82, 2.24) is 4.90 Å². The summed E-state index contributed by atoms with van der Waals surface area (Å²) in [4.78, 5) is 7.09. The zero-order valence-electron chi connectivity index (χ0n) is 9.82. The first-order valence-corrected chi connectivity index (χ1v) is 7.32. The molecular weight excluding hydrogens is 252 g/mol. The quantitative estimate of drug-likeness (QED) is 0.773. The summed E-state index contributed by atoms with van der Waals surface area (Å²) in [6.07, 6.45) is 1.25. The molecule has 2 aliphatic heterocycles. The van der Waals surface area contributed by atoms with Crippen LogP contribution in [0.2, 0.25) is 5.02 Å². The fourth-order valence-corrected chi connectivity index (χ4v) is 3.71. The predicted molar refractivity (Wildman–Crippen MR) is 75.0 cm³/mol. The summed E-state index contributed by atoms with van der Waals surface area (Å²) in [5, 5.41) is 2.08. The summed E-state index contributed by atoms with van der Waals surface area (Å²) >= 11 is 8.09. The van der Waals surface area contributed by atoms with E-state index in [0.29, 0.717) is 6.04 Å². The molecule has 2 heterocycles. The van der Waals surface area contributed by atoms with Crippen LogP contribution in [-0.4, -0.2) is 28.9 Å². The molecule has 0 radical (unpaired) electrons. The van der Waals surface area contributed by atoms with Crippen molar-refractivity contribution >= 4 is 28.5 Å². The van der Waals surface area contributed by atoms with Gasteiger partial charge in [-0.05, 0) is 30.5 Å². The number of amidine groups is 1. The van der Waals surface area contributed by atoms with Gasteiger partial charge in [-0.1, -0.05) is 35.5 Å². The number of aliphatic imine (C=N–C) groups is 1. The summed E-state index contributed by atoms with van der Waals surface area (Å²) in [5.74, 6) is 1.20. The molecular formula is C13H15ClN2S. The largest absolute Gasteiger partial charge is 0.343 e. The first-order chi connectivity index (χ1) is 8.27. The van der Waals surface area contributed by atoms with Crippen LogP contribution in [0.5, 0.6) is 0 Å². The van der Waals surface area contributed by atoms with Crippen LogP contribution in [0.4, 0.5) is 0 Å². The predicted octanol–water partition coefficient (Wildman–Crippen LogP) is 3.50. The lowest BCUT2D eigenvalue weighted by Gasteiger charge is -2.31. The SMILES string of the molecule is Cc1c(Cl)cccc1C1CN=C2SCCCN21. The van der Waals surface area contributed by atoms with Crippen LogP contribution in [0.25, 0.3) is 0 Å². The van der Waals surface area contributed by atoms with Crippen LogP contribution in [0, 0.1) is 6.92 Å². The summed E-state index contributed by atoms with van der Waals surface area (Å²) in [5.41, 5.74) is 2.53. The van der Waals surface area contributed by atoms with E-state index in [2.05, 4.69) is 22.9 Å². The third kappa shape index (κ3) is 1.95. The minimum Gasteiger partial charge on any atom is -0.343 e. The first-order valence-electron chi connectivity index (χ1n) is 5.96. The highest BCUT2D eigenvalue weighted by atomic mass is 35.5. The Morgan fingerprint density at radius 2 is 2.35 bits per heavy atom. The molecule has 0 aromatic heterocycles. The zero-order valence-corrected chi connectivity index (χ0v) is 11.4. The molecule has 0 bridgehead atoms. The van der Waals surface area contributed by atoms with Crippen molar-refractivity contribution in [2.75, 3.05) is 18.8 Å². The van der Waals surface area contributed by atoms with E-state index in [-0.39, 0.29) is 0 Å². The molecule has 1 aromatic rings. The van der Waals surface area contributed by atoms with Crippen LogP contribution < -0.4 is 0 Å². The van der Waals surface area contributed by atoms with Gasteiger partial charge < -0.3 is 4.90 Å². The van der Waals surface area contributed by atoms with E-state index in [0.717, 1.165) is 18.1 Å². The topological polar surface area (TPSA) is 15.6 Å². The van der Waals surface area contributed by atoms with Gasteiger partial charge in [-0.15, -0.1) is 0 Å². The smallest absolute Gasteiger partial charge is 0.159 e. The van der Waals surface area contributed by atoms with Gasteiger partial charge in [-0.2, -0.15) is 0 Å². The highest BCUT2D eigenvalue weighted by Crippen LogP contribution is 2.36. The second-order valence-electron chi connectivity index (χ2n) is 4.49. The van der Waals surface area contributed by atoms with Gasteiger partial charge in [0.05, 0.1) is 12.6 Å². The number of halogens is 1. The van der Waals surface area contributed by atoms with Gasteiger partial charge in [0, 0.05) is 17.3 Å². The Balaban J connectivity index is 1.93. The molecule has 2 nitrogen and oxygen atoms in total. The molecule has 1 aromatic carbocycles. The Bertz CT molecular complexity index is 472. The lowest BCUT2D eigenvalue weighted by molar-refractivity contribution is 0.351. The summed E-state index contributed by atoms with van der Waals surface area (Å²) in [6, 6.07) is 6.59. The van der Waals surface area contributed by atoms with E-state index >= 15 is 0 Å². The van der Waals surface area contributed by atoms with Crippen LogP contribution in [-0.2, 0) is 0 Å². The van der Waals surface area contributed by atoms with E-state index in [9.17, 15) is 0 Å². The molecule has 0 aliphatic carbocycles. The second kappa shape index (κ2) is 4.54. The molecule has 0 N–H and O–H groups in total. The molecule has 1 atom stereocenters. The number of thioether (sulfide) groups is 1. The maximum Gasteiger partial charge on any atom is 0.159 e. The Morgan fingerprint density at radius 3 is 3.24 bits per heavy atom. The summed E-state index contributed by atoms with van der Waals surface area (Å²) < 4.78 is 0. The fourth-order valence-electron chi connectivity index (χ4n) is 2.52. The average Bonchev–Trinajstić information content (AvgIpc) is 2.77. The number of nitrogens with zero attached hydrogens (tertiary/aromatic N) is 2. The lowest BCUT2D eigenvalue weighted by atomic mass is 10.0. The molecule has 2 aliphatic rings. The third-order valence-electron chi connectivity index (χ3n) is 3.46. The molecule has 0 amide bonds. The minimum atomic E-state index is 0.400. The van der Waals surface area contributed by atoms with Gasteiger partial charge in [-0.25, -0.2) is 0 Å². The van der Waals surface area contributed by atoms with Gasteiger partial charge in [0.1, 0.15) is 0 Å². The maximum absolute atomic E-state index is 6.21. The maximum atomic E-state index is 6.21. The monoisotopic (exact) mass is 266 g/mol. The third-order valence-corrected chi connectivity index (χ3v) is 4.99. The Labute approximate surface area is 111 Å². The van der Waals surface area contributed by atoms with Crippen molar-refractivity contribution in [3.8, 4) is 0 Å². The van der Waals surface area contributed by atoms with Crippen LogP contribution in [0.1, 0.15) is 23.6 Å². The van der Waals surface area contributed by atoms with Gasteiger partial charge in [0.25, 0.3) is 0 Å². The summed E-state index contributed by atoms with van der Waals surface area (Å²) in [6.45, 7) is 4.11. The van der Waals surface area contributed by atoms with Crippen LogP contribution >= 0.6 is 23.4 Å². The van der Waals surface area contributed by atoms with Gasteiger partial charge in [0.2, 0.25) is 0 Å². The molecule has 1 unspecified atom stereocenters. The van der Waals surface area contributed by atoms with E-state index < -0.39 is 0 Å². The second-order valence-corrected chi connectivity index (χ2v) is 5.96. The molecule has 1 fully saturated rings. The Hall–Kier alpha value is -0.670. The first kappa shape index (κ1) is 11.4. The normalized spacial score (nSPS) is 23.5. The number of fused-ring (bicyclic) bond motifs is 1. The molecule has 0 saturated carbocycles. The number of hydrogen-bond acceptors (Lipinski definition) is 3. The number of rotatable bonds is 1. The number of hydrogen-bond donors (Lipinski definition) is 0. The van der Waals surface area contributed by atoms with Crippen molar-refractivity contribution in [3.63, 3.8) is 0 Å². The highest BCUT2D eigenvalue weighted by molar-refractivity contribution is 8.13. The fraction of sp³-hybridized carbons (Fsp3) is 0.462. The highest BCUT2D eigenvalue weighted by Gasteiger charge is 2.32. The minimum absolute atomic E-state index is 0.400. The molecule has 0 spiro atoms. The van der Waals surface area contributed by atoms with Gasteiger partial charge >= 0.3 is 0 Å². The van der Waals surface area contributed by atoms with Crippen molar-refractivity contribution in [2.24, 2.45) is 4.99 Å². The van der Waals surface area contributed by atoms with Crippen molar-refractivity contribution in [3.05, 3.63) is 34.3 Å². The van der Waals surface area contributed by atoms with E-state index in [4.69, 9.17) is 11.6 Å². The molecule has 90 valence electrons. The molecule has 3 rings (SSSR count). The Kier molecular flexibility index (Phi) is 3.05. The molecule has 17 heavy (non-hydrogen) atoms. The van der Waals surface area contributed by atoms with Crippen LogP contribution in [0.3, 0.4) is 0 Å². The van der Waals surface area contributed by atoms with Crippen LogP contribution in [0.15, 0.2) is 23.2 Å². The van der Waals surface area contributed by atoms with Crippen molar-refractivity contribution in [2.45, 2.75) is 19.4 Å². The molecule has 4 heteroatoms. The Morgan fingerprint density at radius 1 is 1.47 bits per heavy atom. The number of benzene rings is 1. The molecule has 1 saturated heterocycles. The van der Waals surface area contributed by atoms with E-state index in [1.165, 1.54) is 28.5 Å². The van der Waals surface area contributed by atoms with Crippen molar-refractivity contribution in [1.29, 1.82) is 0 Å². The lowest BCUT2D eigenvalue weighted by Crippen LogP contribution is -2.34. The summed E-state index contributed by atoms with van der Waals surface area (Å²) in [7, 11) is 0. The van der Waals surface area contributed by atoms with Crippen molar-refractivity contribution < 1.29 is 0 Å². The van der Waals surface area contributed by atoms with E-state index in [1.807, 2.05) is 23.9 Å². The van der Waals surface area contributed by atoms with E-state index in [1.54, 1.807) is 0 Å². The standard InChI is InChI=1S/C13H15ClN2S/c1-9-10(4-2-5-11(9)14)12-8-15-13-16(12)6-3-7-17-13/h2,4-5,12H,3,6-8H2,1H3. The van der Waals surface area contributed by atoms with Gasteiger partial charge in [0.15, 0.2) is 5.17 Å². The zero-order chi connectivity index (χ0) is 11.8. The van der Waals surface area contributed by atoms with Gasteiger partial charge in [-0.3, -0.25) is 4.99 Å².